The van der Waals surface area contributed by atoms with Gasteiger partial charge in [0.25, 0.3) is 5.91 Å². The zero-order valence-corrected chi connectivity index (χ0v) is 17.8. The SMILES string of the molecule is CCC(C)NC(=O)c1cc(NC(=O)Nc2ccc(F)c(F)c2)ccc1N1CCCCC1. The highest BCUT2D eigenvalue weighted by molar-refractivity contribution is 6.04. The Balaban J connectivity index is 1.79. The minimum atomic E-state index is -1.05. The Labute approximate surface area is 181 Å². The quantitative estimate of drug-likeness (QED) is 0.595. The van der Waals surface area contributed by atoms with Crippen molar-refractivity contribution in [1.29, 1.82) is 0 Å². The fourth-order valence-corrected chi connectivity index (χ4v) is 3.48. The smallest absolute Gasteiger partial charge is 0.323 e. The topological polar surface area (TPSA) is 73.5 Å². The molecule has 1 fully saturated rings. The van der Waals surface area contributed by atoms with Crippen molar-refractivity contribution in [3.05, 3.63) is 53.6 Å². The first-order valence-electron chi connectivity index (χ1n) is 10.6. The summed E-state index contributed by atoms with van der Waals surface area (Å²) >= 11 is 0. The lowest BCUT2D eigenvalue weighted by molar-refractivity contribution is 0.0939. The van der Waals surface area contributed by atoms with Crippen molar-refractivity contribution in [2.24, 2.45) is 0 Å². The summed E-state index contributed by atoms with van der Waals surface area (Å²) in [6, 6.07) is 7.73. The molecule has 0 saturated carbocycles. The summed E-state index contributed by atoms with van der Waals surface area (Å²) in [5.74, 6) is -2.23. The predicted octanol–water partition coefficient (Wildman–Crippen LogP) is 5.13. The lowest BCUT2D eigenvalue weighted by Gasteiger charge is -2.31. The molecule has 3 rings (SSSR count). The normalized spacial score (nSPS) is 14.6. The molecule has 166 valence electrons. The van der Waals surface area contributed by atoms with E-state index >= 15 is 0 Å². The minimum Gasteiger partial charge on any atom is -0.371 e. The van der Waals surface area contributed by atoms with E-state index in [1.54, 1.807) is 12.1 Å². The van der Waals surface area contributed by atoms with Crippen molar-refractivity contribution in [3.63, 3.8) is 0 Å². The van der Waals surface area contributed by atoms with Crippen molar-refractivity contribution < 1.29 is 18.4 Å². The number of hydrogen-bond acceptors (Lipinski definition) is 3. The molecule has 0 aliphatic carbocycles. The maximum absolute atomic E-state index is 13.4. The average molecular weight is 430 g/mol. The molecule has 31 heavy (non-hydrogen) atoms. The second-order valence-corrected chi connectivity index (χ2v) is 7.77. The number of anilines is 3. The number of piperidine rings is 1. The highest BCUT2D eigenvalue weighted by atomic mass is 19.2. The van der Waals surface area contributed by atoms with E-state index in [1.807, 2.05) is 19.9 Å². The van der Waals surface area contributed by atoms with Gasteiger partial charge >= 0.3 is 6.03 Å². The fraction of sp³-hybridized carbons (Fsp3) is 0.391. The first-order chi connectivity index (χ1) is 14.9. The zero-order chi connectivity index (χ0) is 22.4. The summed E-state index contributed by atoms with van der Waals surface area (Å²) in [6.45, 7) is 5.70. The van der Waals surface area contributed by atoms with E-state index in [0.717, 1.165) is 50.2 Å². The Morgan fingerprint density at radius 1 is 0.968 bits per heavy atom. The number of amides is 3. The third-order valence-corrected chi connectivity index (χ3v) is 5.36. The Kier molecular flexibility index (Phi) is 7.44. The summed E-state index contributed by atoms with van der Waals surface area (Å²) < 4.78 is 26.4. The van der Waals surface area contributed by atoms with Crippen LogP contribution in [0, 0.1) is 11.6 Å². The first-order valence-corrected chi connectivity index (χ1v) is 10.6. The third kappa shape index (κ3) is 5.93. The van der Waals surface area contributed by atoms with Crippen LogP contribution in [0.2, 0.25) is 0 Å². The zero-order valence-electron chi connectivity index (χ0n) is 17.8. The van der Waals surface area contributed by atoms with Gasteiger partial charge in [0, 0.05) is 42.3 Å². The van der Waals surface area contributed by atoms with Gasteiger partial charge < -0.3 is 20.9 Å². The molecule has 1 unspecified atom stereocenters. The molecule has 0 spiro atoms. The number of urea groups is 1. The number of nitrogens with one attached hydrogen (secondary N) is 3. The standard InChI is InChI=1S/C23H28F2N4O2/c1-3-15(2)26-22(30)18-13-16(8-10-21(18)29-11-5-4-6-12-29)27-23(31)28-17-7-9-19(24)20(25)14-17/h7-10,13-15H,3-6,11-12H2,1-2H3,(H,26,30)(H2,27,28,31). The van der Waals surface area contributed by atoms with Crippen molar-refractivity contribution in [2.45, 2.75) is 45.6 Å². The molecule has 2 aromatic carbocycles. The summed E-state index contributed by atoms with van der Waals surface area (Å²) in [6.07, 6.45) is 4.13. The Morgan fingerprint density at radius 2 is 1.61 bits per heavy atom. The minimum absolute atomic E-state index is 0.0231. The predicted molar refractivity (Wildman–Crippen MR) is 119 cm³/mol. The molecule has 1 aliphatic heterocycles. The van der Waals surface area contributed by atoms with Crippen LogP contribution in [-0.2, 0) is 0 Å². The molecule has 0 aromatic heterocycles. The molecule has 1 heterocycles. The van der Waals surface area contributed by atoms with Crippen LogP contribution in [0.3, 0.4) is 0 Å². The Hall–Kier alpha value is -3.16. The van der Waals surface area contributed by atoms with Gasteiger partial charge in [-0.3, -0.25) is 4.79 Å². The summed E-state index contributed by atoms with van der Waals surface area (Å²) in [5, 5.41) is 8.10. The van der Waals surface area contributed by atoms with Gasteiger partial charge in [-0.1, -0.05) is 6.92 Å². The number of carbonyl (C=O) groups excluding carboxylic acids is 2. The van der Waals surface area contributed by atoms with Gasteiger partial charge in [-0.2, -0.15) is 0 Å². The van der Waals surface area contributed by atoms with Crippen LogP contribution in [0.1, 0.15) is 49.9 Å². The van der Waals surface area contributed by atoms with E-state index in [9.17, 15) is 18.4 Å². The van der Waals surface area contributed by atoms with E-state index in [1.165, 1.54) is 12.5 Å². The van der Waals surface area contributed by atoms with Crippen LogP contribution in [0.15, 0.2) is 36.4 Å². The third-order valence-electron chi connectivity index (χ3n) is 5.36. The molecular formula is C23H28F2N4O2. The molecule has 6 nitrogen and oxygen atoms in total. The second kappa shape index (κ2) is 10.2. The number of rotatable bonds is 6. The summed E-state index contributed by atoms with van der Waals surface area (Å²) in [5.41, 5.74) is 1.88. The first kappa shape index (κ1) is 22.5. The molecule has 1 aliphatic rings. The van der Waals surface area contributed by atoms with Gasteiger partial charge in [0.15, 0.2) is 11.6 Å². The van der Waals surface area contributed by atoms with Gasteiger partial charge in [0.2, 0.25) is 0 Å². The molecular weight excluding hydrogens is 402 g/mol. The van der Waals surface area contributed by atoms with Crippen LogP contribution in [-0.4, -0.2) is 31.1 Å². The maximum Gasteiger partial charge on any atom is 0.323 e. The second-order valence-electron chi connectivity index (χ2n) is 7.77. The molecule has 3 N–H and O–H groups in total. The van der Waals surface area contributed by atoms with Crippen LogP contribution >= 0.6 is 0 Å². The van der Waals surface area contributed by atoms with Gasteiger partial charge in [0.1, 0.15) is 0 Å². The van der Waals surface area contributed by atoms with Crippen LogP contribution in [0.25, 0.3) is 0 Å². The summed E-state index contributed by atoms with van der Waals surface area (Å²) in [4.78, 5) is 27.4. The number of carbonyl (C=O) groups is 2. The molecule has 1 atom stereocenters. The molecule has 8 heteroatoms. The van der Waals surface area contributed by atoms with Gasteiger partial charge in [-0.05, 0) is 62.9 Å². The molecule has 3 amide bonds. The maximum atomic E-state index is 13.4. The van der Waals surface area contributed by atoms with Crippen LogP contribution in [0.5, 0.6) is 0 Å². The van der Waals surface area contributed by atoms with Crippen molar-refractivity contribution in [2.75, 3.05) is 28.6 Å². The van der Waals surface area contributed by atoms with E-state index in [0.29, 0.717) is 11.3 Å². The van der Waals surface area contributed by atoms with Gasteiger partial charge in [-0.25, -0.2) is 13.6 Å². The number of halogens is 2. The highest BCUT2D eigenvalue weighted by Crippen LogP contribution is 2.27. The average Bonchev–Trinajstić information content (AvgIpc) is 2.76. The van der Waals surface area contributed by atoms with Gasteiger partial charge in [0.05, 0.1) is 5.56 Å². The summed E-state index contributed by atoms with van der Waals surface area (Å²) in [7, 11) is 0. The van der Waals surface area contributed by atoms with Gasteiger partial charge in [-0.15, -0.1) is 0 Å². The van der Waals surface area contributed by atoms with E-state index in [2.05, 4.69) is 20.9 Å². The monoisotopic (exact) mass is 430 g/mol. The highest BCUT2D eigenvalue weighted by Gasteiger charge is 2.20. The lowest BCUT2D eigenvalue weighted by atomic mass is 10.1. The molecule has 0 radical (unpaired) electrons. The number of nitrogens with zero attached hydrogens (tertiary/aromatic N) is 1. The van der Waals surface area contributed by atoms with Crippen molar-refractivity contribution in [1.82, 2.24) is 5.32 Å². The fourth-order valence-electron chi connectivity index (χ4n) is 3.48. The molecule has 1 saturated heterocycles. The van der Waals surface area contributed by atoms with Crippen molar-refractivity contribution in [3.8, 4) is 0 Å². The largest absolute Gasteiger partial charge is 0.371 e. The van der Waals surface area contributed by atoms with Crippen LogP contribution < -0.4 is 20.9 Å². The lowest BCUT2D eigenvalue weighted by Crippen LogP contribution is -2.35. The number of hydrogen-bond donors (Lipinski definition) is 3. The van der Waals surface area contributed by atoms with E-state index in [-0.39, 0.29) is 17.6 Å². The van der Waals surface area contributed by atoms with Crippen LogP contribution in [0.4, 0.5) is 30.6 Å². The molecule has 2 aromatic rings. The van der Waals surface area contributed by atoms with Crippen molar-refractivity contribution >= 4 is 29.0 Å². The Bertz CT molecular complexity index is 945. The molecule has 0 bridgehead atoms. The van der Waals surface area contributed by atoms with E-state index in [4.69, 9.17) is 0 Å². The Morgan fingerprint density at radius 3 is 2.26 bits per heavy atom. The van der Waals surface area contributed by atoms with E-state index < -0.39 is 17.7 Å². The number of benzene rings is 2.